The second-order valence-corrected chi connectivity index (χ2v) is 7.96. The van der Waals surface area contributed by atoms with Crippen LogP contribution in [-0.2, 0) is 19.1 Å². The van der Waals surface area contributed by atoms with E-state index in [-0.39, 0.29) is 10.8 Å². The molecule has 174 valence electrons. The fourth-order valence-corrected chi connectivity index (χ4v) is 4.91. The topological polar surface area (TPSA) is 120 Å². The normalized spacial score (nSPS) is 28.8. The first kappa shape index (κ1) is 22.7. The van der Waals surface area contributed by atoms with Gasteiger partial charge in [-0.15, -0.1) is 0 Å². The van der Waals surface area contributed by atoms with Crippen LogP contribution in [-0.4, -0.2) is 68.4 Å². The van der Waals surface area contributed by atoms with Crippen molar-refractivity contribution in [3.63, 3.8) is 0 Å². The zero-order valence-electron chi connectivity index (χ0n) is 18.4. The van der Waals surface area contributed by atoms with Crippen LogP contribution in [0.2, 0.25) is 0 Å². The van der Waals surface area contributed by atoms with E-state index in [1.54, 1.807) is 54.6 Å². The van der Waals surface area contributed by atoms with Gasteiger partial charge in [0, 0.05) is 17.7 Å². The number of nitro groups is 1. The Hall–Kier alpha value is -3.50. The highest BCUT2D eigenvalue weighted by Gasteiger charge is 2.64. The highest BCUT2D eigenvalue weighted by molar-refractivity contribution is 6.05. The summed E-state index contributed by atoms with van der Waals surface area (Å²) in [4.78, 5) is 39.0. The number of hydrogen-bond donors (Lipinski definition) is 1. The number of anilines is 1. The summed E-state index contributed by atoms with van der Waals surface area (Å²) in [7, 11) is 4.17. The molecule has 0 aliphatic carbocycles. The van der Waals surface area contributed by atoms with Crippen LogP contribution in [0.5, 0.6) is 5.75 Å². The lowest BCUT2D eigenvalue weighted by atomic mass is 9.81. The first-order valence-electron chi connectivity index (χ1n) is 10.4. The predicted molar refractivity (Wildman–Crippen MR) is 118 cm³/mol. The standard InChI is InChI=1S/C23H25N3O7/c1-31-15-11-9-14(10-12-15)25-20(21(32-2)22(25)27)18-19(26(29)30)16(13-7-5-4-6-8-13)17(24-18)23(28)33-3/h4-12,16-21,24H,1-3H3/t16-,17-,18+,19+,20-,21+/m0/s1. The van der Waals surface area contributed by atoms with Gasteiger partial charge in [-0.25, -0.2) is 0 Å². The molecule has 33 heavy (non-hydrogen) atoms. The smallest absolute Gasteiger partial charge is 0.323 e. The van der Waals surface area contributed by atoms with Crippen LogP contribution in [0.1, 0.15) is 11.5 Å². The van der Waals surface area contributed by atoms with Crippen molar-refractivity contribution in [3.8, 4) is 5.75 Å². The maximum absolute atomic E-state index is 12.9. The van der Waals surface area contributed by atoms with Gasteiger partial charge in [-0.1, -0.05) is 30.3 Å². The summed E-state index contributed by atoms with van der Waals surface area (Å²) in [5.74, 6) is -1.09. The fourth-order valence-electron chi connectivity index (χ4n) is 4.91. The fraction of sp³-hybridized carbons (Fsp3) is 0.391. The van der Waals surface area contributed by atoms with E-state index in [0.29, 0.717) is 17.0 Å². The number of rotatable bonds is 7. The number of carbonyl (C=O) groups excluding carboxylic acids is 2. The molecule has 0 saturated carbocycles. The average Bonchev–Trinajstić information content (AvgIpc) is 3.23. The molecule has 2 aliphatic rings. The number of hydrogen-bond acceptors (Lipinski definition) is 8. The van der Waals surface area contributed by atoms with Crippen LogP contribution in [0, 0.1) is 10.1 Å². The lowest BCUT2D eigenvalue weighted by molar-refractivity contribution is -0.527. The number of methoxy groups -OCH3 is 3. The summed E-state index contributed by atoms with van der Waals surface area (Å²) in [5, 5.41) is 15.5. The number of β-lactam (4-membered cyclic amide) rings is 1. The van der Waals surface area contributed by atoms with Crippen molar-refractivity contribution < 1.29 is 28.7 Å². The van der Waals surface area contributed by atoms with E-state index in [2.05, 4.69) is 5.32 Å². The molecule has 1 amide bonds. The molecule has 4 rings (SSSR count). The minimum atomic E-state index is -1.20. The predicted octanol–water partition coefficient (Wildman–Crippen LogP) is 1.37. The van der Waals surface area contributed by atoms with E-state index in [4.69, 9.17) is 14.2 Å². The van der Waals surface area contributed by atoms with Crippen LogP contribution in [0.25, 0.3) is 0 Å². The first-order valence-corrected chi connectivity index (χ1v) is 10.4. The van der Waals surface area contributed by atoms with E-state index in [1.165, 1.54) is 26.2 Å². The lowest BCUT2D eigenvalue weighted by Crippen LogP contribution is -2.73. The molecular formula is C23H25N3O7. The van der Waals surface area contributed by atoms with E-state index >= 15 is 0 Å². The molecule has 6 atom stereocenters. The molecule has 2 fully saturated rings. The average molecular weight is 455 g/mol. The third-order valence-electron chi connectivity index (χ3n) is 6.41. The second kappa shape index (κ2) is 9.16. The van der Waals surface area contributed by atoms with Crippen molar-refractivity contribution in [2.24, 2.45) is 0 Å². The van der Waals surface area contributed by atoms with Crippen molar-refractivity contribution in [1.29, 1.82) is 0 Å². The third kappa shape index (κ3) is 3.81. The Balaban J connectivity index is 1.76. The summed E-state index contributed by atoms with van der Waals surface area (Å²) in [6.45, 7) is 0. The SMILES string of the molecule is COC(=O)[C@H]1N[C@@H]([C@H]2[C@@H](OC)C(=O)N2c2ccc(OC)cc2)[C@H]([N+](=O)[O-])[C@H]1c1ccccc1. The number of nitrogens with one attached hydrogen (secondary N) is 1. The van der Waals surface area contributed by atoms with Gasteiger partial charge in [0.15, 0.2) is 6.10 Å². The minimum absolute atomic E-state index is 0.311. The Morgan fingerprint density at radius 3 is 2.27 bits per heavy atom. The number of esters is 1. The highest BCUT2D eigenvalue weighted by atomic mass is 16.6. The molecule has 0 radical (unpaired) electrons. The molecule has 1 N–H and O–H groups in total. The molecule has 2 aromatic rings. The van der Waals surface area contributed by atoms with Gasteiger partial charge in [-0.05, 0) is 29.8 Å². The molecule has 2 saturated heterocycles. The van der Waals surface area contributed by atoms with E-state index in [0.717, 1.165) is 0 Å². The molecule has 2 aromatic carbocycles. The van der Waals surface area contributed by atoms with Crippen LogP contribution >= 0.6 is 0 Å². The molecular weight excluding hydrogens is 430 g/mol. The second-order valence-electron chi connectivity index (χ2n) is 7.96. The maximum atomic E-state index is 12.9. The number of benzene rings is 2. The molecule has 2 aliphatic heterocycles. The Labute approximate surface area is 190 Å². The molecule has 0 spiro atoms. The summed E-state index contributed by atoms with van der Waals surface area (Å²) in [6, 6.07) is 11.9. The largest absolute Gasteiger partial charge is 0.497 e. The van der Waals surface area contributed by atoms with E-state index < -0.39 is 42.2 Å². The third-order valence-corrected chi connectivity index (χ3v) is 6.41. The molecule has 0 bridgehead atoms. The Kier molecular flexibility index (Phi) is 6.30. The van der Waals surface area contributed by atoms with Gasteiger partial charge in [0.1, 0.15) is 17.8 Å². The zero-order chi connectivity index (χ0) is 23.7. The molecule has 10 nitrogen and oxygen atoms in total. The Morgan fingerprint density at radius 2 is 1.73 bits per heavy atom. The molecule has 2 heterocycles. The Bertz CT molecular complexity index is 1030. The lowest BCUT2D eigenvalue weighted by Gasteiger charge is -2.48. The van der Waals surface area contributed by atoms with Gasteiger partial charge in [0.25, 0.3) is 5.91 Å². The summed E-state index contributed by atoms with van der Waals surface area (Å²) in [5.41, 5.74) is 1.20. The number of ether oxygens (including phenoxy) is 3. The van der Waals surface area contributed by atoms with Crippen molar-refractivity contribution in [2.75, 3.05) is 26.2 Å². The van der Waals surface area contributed by atoms with Gasteiger partial charge >= 0.3 is 5.97 Å². The van der Waals surface area contributed by atoms with Gasteiger partial charge in [0.2, 0.25) is 6.04 Å². The van der Waals surface area contributed by atoms with Crippen LogP contribution in [0.3, 0.4) is 0 Å². The van der Waals surface area contributed by atoms with Gasteiger partial charge in [0.05, 0.1) is 26.2 Å². The van der Waals surface area contributed by atoms with E-state index in [9.17, 15) is 19.7 Å². The van der Waals surface area contributed by atoms with Crippen molar-refractivity contribution in [3.05, 3.63) is 70.3 Å². The number of nitrogens with zero attached hydrogens (tertiary/aromatic N) is 2. The number of amides is 1. The van der Waals surface area contributed by atoms with Gasteiger partial charge in [-0.3, -0.25) is 25.0 Å². The summed E-state index contributed by atoms with van der Waals surface area (Å²) < 4.78 is 15.6. The summed E-state index contributed by atoms with van der Waals surface area (Å²) >= 11 is 0. The van der Waals surface area contributed by atoms with Gasteiger partial charge in [-0.2, -0.15) is 0 Å². The Morgan fingerprint density at radius 1 is 1.06 bits per heavy atom. The van der Waals surface area contributed by atoms with Crippen molar-refractivity contribution in [1.82, 2.24) is 5.32 Å². The monoisotopic (exact) mass is 455 g/mol. The maximum Gasteiger partial charge on any atom is 0.323 e. The molecule has 0 unspecified atom stereocenters. The van der Waals surface area contributed by atoms with Gasteiger partial charge < -0.3 is 19.1 Å². The quantitative estimate of drug-likeness (QED) is 0.288. The minimum Gasteiger partial charge on any atom is -0.497 e. The molecule has 10 heteroatoms. The van der Waals surface area contributed by atoms with Crippen molar-refractivity contribution in [2.45, 2.75) is 36.2 Å². The van der Waals surface area contributed by atoms with Crippen LogP contribution in [0.15, 0.2) is 54.6 Å². The van der Waals surface area contributed by atoms with Crippen molar-refractivity contribution >= 4 is 17.6 Å². The highest BCUT2D eigenvalue weighted by Crippen LogP contribution is 2.41. The number of carbonyl (C=O) groups is 2. The summed E-state index contributed by atoms with van der Waals surface area (Å²) in [6.07, 6.45) is -0.889. The van der Waals surface area contributed by atoms with Crippen LogP contribution in [0.4, 0.5) is 5.69 Å². The van der Waals surface area contributed by atoms with Crippen LogP contribution < -0.4 is 15.0 Å². The first-order chi connectivity index (χ1) is 15.9. The molecule has 0 aromatic heterocycles. The zero-order valence-corrected chi connectivity index (χ0v) is 18.4. The van der Waals surface area contributed by atoms with E-state index in [1.807, 2.05) is 0 Å².